The highest BCUT2D eigenvalue weighted by molar-refractivity contribution is 6.35. The number of hydrogen-bond donors (Lipinski definition) is 2. The SMILES string of the molecule is Nc1cc(F)ccc1NC(=O)COc1ccc(Cl)cc1Cl. The average Bonchev–Trinajstić information content (AvgIpc) is 2.41. The zero-order chi connectivity index (χ0) is 15.4. The van der Waals surface area contributed by atoms with Crippen molar-refractivity contribution in [3.05, 3.63) is 52.3 Å². The zero-order valence-corrected chi connectivity index (χ0v) is 12.2. The third kappa shape index (κ3) is 4.24. The quantitative estimate of drug-likeness (QED) is 0.840. The van der Waals surface area contributed by atoms with Gasteiger partial charge in [-0.2, -0.15) is 0 Å². The Balaban J connectivity index is 1.96. The van der Waals surface area contributed by atoms with E-state index in [-0.39, 0.29) is 12.3 Å². The monoisotopic (exact) mass is 328 g/mol. The van der Waals surface area contributed by atoms with E-state index in [2.05, 4.69) is 5.32 Å². The van der Waals surface area contributed by atoms with Gasteiger partial charge in [-0.15, -0.1) is 0 Å². The Morgan fingerprint density at radius 3 is 2.67 bits per heavy atom. The topological polar surface area (TPSA) is 64.3 Å². The van der Waals surface area contributed by atoms with Crippen LogP contribution in [0.15, 0.2) is 36.4 Å². The van der Waals surface area contributed by atoms with Gasteiger partial charge in [0.05, 0.1) is 16.4 Å². The van der Waals surface area contributed by atoms with Crippen molar-refractivity contribution in [2.24, 2.45) is 0 Å². The molecule has 0 saturated carbocycles. The van der Waals surface area contributed by atoms with Crippen LogP contribution in [0.2, 0.25) is 10.0 Å². The molecule has 21 heavy (non-hydrogen) atoms. The lowest BCUT2D eigenvalue weighted by molar-refractivity contribution is -0.118. The highest BCUT2D eigenvalue weighted by atomic mass is 35.5. The summed E-state index contributed by atoms with van der Waals surface area (Å²) in [5.41, 5.74) is 6.03. The Labute approximate surface area is 130 Å². The standard InChI is InChI=1S/C14H11Cl2FN2O2/c15-8-1-4-13(10(16)5-8)21-7-14(20)19-12-3-2-9(17)6-11(12)18/h1-6H,7,18H2,(H,19,20). The molecule has 1 amide bonds. The highest BCUT2D eigenvalue weighted by Crippen LogP contribution is 2.27. The molecule has 2 aromatic carbocycles. The van der Waals surface area contributed by atoms with E-state index in [4.69, 9.17) is 33.7 Å². The first-order valence-electron chi connectivity index (χ1n) is 5.88. The summed E-state index contributed by atoms with van der Waals surface area (Å²) in [7, 11) is 0. The molecule has 0 radical (unpaired) electrons. The summed E-state index contributed by atoms with van der Waals surface area (Å²) >= 11 is 11.7. The first-order valence-corrected chi connectivity index (χ1v) is 6.64. The summed E-state index contributed by atoms with van der Waals surface area (Å²) in [4.78, 5) is 11.7. The number of benzene rings is 2. The summed E-state index contributed by atoms with van der Waals surface area (Å²) in [6.45, 7) is -0.266. The Kier molecular flexibility index (Phi) is 4.88. The first-order chi connectivity index (χ1) is 9.95. The van der Waals surface area contributed by atoms with Gasteiger partial charge in [-0.05, 0) is 36.4 Å². The lowest BCUT2D eigenvalue weighted by Crippen LogP contribution is -2.20. The Morgan fingerprint density at radius 2 is 2.00 bits per heavy atom. The van der Waals surface area contributed by atoms with Gasteiger partial charge in [0.25, 0.3) is 5.91 Å². The second kappa shape index (κ2) is 6.65. The molecule has 0 bridgehead atoms. The molecule has 0 unspecified atom stereocenters. The number of halogens is 3. The number of anilines is 2. The molecule has 2 aromatic rings. The molecule has 0 aliphatic heterocycles. The number of ether oxygens (including phenoxy) is 1. The van der Waals surface area contributed by atoms with Crippen LogP contribution in [0.1, 0.15) is 0 Å². The first kappa shape index (κ1) is 15.4. The van der Waals surface area contributed by atoms with Crippen LogP contribution in [0.4, 0.5) is 15.8 Å². The van der Waals surface area contributed by atoms with E-state index in [1.54, 1.807) is 12.1 Å². The lowest BCUT2D eigenvalue weighted by atomic mass is 10.2. The lowest BCUT2D eigenvalue weighted by Gasteiger charge is -2.10. The van der Waals surface area contributed by atoms with Gasteiger partial charge in [0.15, 0.2) is 6.61 Å². The number of nitrogen functional groups attached to an aromatic ring is 1. The van der Waals surface area contributed by atoms with Crippen molar-refractivity contribution in [2.45, 2.75) is 0 Å². The normalized spacial score (nSPS) is 10.2. The number of hydrogen-bond acceptors (Lipinski definition) is 3. The molecule has 4 nitrogen and oxygen atoms in total. The van der Waals surface area contributed by atoms with Gasteiger partial charge < -0.3 is 15.8 Å². The van der Waals surface area contributed by atoms with Crippen molar-refractivity contribution in [2.75, 3.05) is 17.7 Å². The second-order valence-corrected chi connectivity index (χ2v) is 4.99. The maximum absolute atomic E-state index is 12.9. The van der Waals surface area contributed by atoms with Crippen molar-refractivity contribution >= 4 is 40.5 Å². The molecule has 0 aliphatic rings. The molecule has 110 valence electrons. The molecule has 2 rings (SSSR count). The van der Waals surface area contributed by atoms with Gasteiger partial charge in [0.2, 0.25) is 0 Å². The number of carbonyl (C=O) groups is 1. The van der Waals surface area contributed by atoms with Crippen LogP contribution < -0.4 is 15.8 Å². The molecule has 0 fully saturated rings. The Bertz CT molecular complexity index is 680. The molecule has 0 saturated heterocycles. The van der Waals surface area contributed by atoms with Crippen LogP contribution in [0.3, 0.4) is 0 Å². The van der Waals surface area contributed by atoms with Gasteiger partial charge in [-0.3, -0.25) is 4.79 Å². The number of nitrogens with one attached hydrogen (secondary N) is 1. The summed E-state index contributed by atoms with van der Waals surface area (Å²) in [5, 5.41) is 3.28. The van der Waals surface area contributed by atoms with E-state index in [9.17, 15) is 9.18 Å². The van der Waals surface area contributed by atoms with Crippen LogP contribution in [0.5, 0.6) is 5.75 Å². The number of amides is 1. The predicted octanol–water partition coefficient (Wildman–Crippen LogP) is 3.73. The van der Waals surface area contributed by atoms with E-state index < -0.39 is 11.7 Å². The van der Waals surface area contributed by atoms with E-state index in [1.807, 2.05) is 0 Å². The molecule has 3 N–H and O–H groups in total. The van der Waals surface area contributed by atoms with Crippen LogP contribution in [-0.4, -0.2) is 12.5 Å². The van der Waals surface area contributed by atoms with E-state index in [1.165, 1.54) is 18.2 Å². The van der Waals surface area contributed by atoms with E-state index in [0.717, 1.165) is 6.07 Å². The smallest absolute Gasteiger partial charge is 0.262 e. The zero-order valence-electron chi connectivity index (χ0n) is 10.7. The fourth-order valence-electron chi connectivity index (χ4n) is 1.57. The number of rotatable bonds is 4. The van der Waals surface area contributed by atoms with Crippen LogP contribution in [-0.2, 0) is 4.79 Å². The molecule has 0 aliphatic carbocycles. The van der Waals surface area contributed by atoms with Gasteiger partial charge in [0, 0.05) is 5.02 Å². The summed E-state index contributed by atoms with van der Waals surface area (Å²) in [6, 6.07) is 8.35. The summed E-state index contributed by atoms with van der Waals surface area (Å²) in [6.07, 6.45) is 0. The van der Waals surface area contributed by atoms with Crippen molar-refractivity contribution in [1.82, 2.24) is 0 Å². The maximum atomic E-state index is 12.9. The van der Waals surface area contributed by atoms with E-state index in [0.29, 0.717) is 21.5 Å². The van der Waals surface area contributed by atoms with Gasteiger partial charge in [-0.25, -0.2) is 4.39 Å². The molecular weight excluding hydrogens is 318 g/mol. The van der Waals surface area contributed by atoms with Crippen molar-refractivity contribution in [3.8, 4) is 5.75 Å². The molecule has 0 heterocycles. The fraction of sp³-hybridized carbons (Fsp3) is 0.0714. The molecule has 7 heteroatoms. The summed E-state index contributed by atoms with van der Waals surface area (Å²) < 4.78 is 18.2. The minimum atomic E-state index is -0.477. The van der Waals surface area contributed by atoms with Gasteiger partial charge >= 0.3 is 0 Å². The fourth-order valence-corrected chi connectivity index (χ4v) is 2.03. The largest absolute Gasteiger partial charge is 0.482 e. The molecule has 0 aromatic heterocycles. The van der Waals surface area contributed by atoms with Gasteiger partial charge in [0.1, 0.15) is 11.6 Å². The van der Waals surface area contributed by atoms with Crippen LogP contribution in [0, 0.1) is 5.82 Å². The number of nitrogens with two attached hydrogens (primary N) is 1. The van der Waals surface area contributed by atoms with E-state index >= 15 is 0 Å². The average molecular weight is 329 g/mol. The minimum absolute atomic E-state index is 0.132. The highest BCUT2D eigenvalue weighted by Gasteiger charge is 2.09. The number of carbonyl (C=O) groups excluding carboxylic acids is 1. The predicted molar refractivity (Wildman–Crippen MR) is 81.4 cm³/mol. The molecular formula is C14H11Cl2FN2O2. The minimum Gasteiger partial charge on any atom is -0.482 e. The van der Waals surface area contributed by atoms with Crippen molar-refractivity contribution in [3.63, 3.8) is 0 Å². The van der Waals surface area contributed by atoms with Gasteiger partial charge in [-0.1, -0.05) is 23.2 Å². The van der Waals surface area contributed by atoms with Crippen LogP contribution >= 0.6 is 23.2 Å². The van der Waals surface area contributed by atoms with Crippen LogP contribution in [0.25, 0.3) is 0 Å². The molecule has 0 atom stereocenters. The third-order valence-corrected chi connectivity index (χ3v) is 3.07. The third-order valence-electron chi connectivity index (χ3n) is 2.54. The van der Waals surface area contributed by atoms with Crippen molar-refractivity contribution in [1.29, 1.82) is 0 Å². The van der Waals surface area contributed by atoms with Crippen molar-refractivity contribution < 1.29 is 13.9 Å². The summed E-state index contributed by atoms with van der Waals surface area (Å²) in [5.74, 6) is -0.586. The Morgan fingerprint density at radius 1 is 1.24 bits per heavy atom. The Hall–Kier alpha value is -1.98. The molecule has 0 spiro atoms. The second-order valence-electron chi connectivity index (χ2n) is 4.14. The maximum Gasteiger partial charge on any atom is 0.262 e.